The minimum atomic E-state index is 0.192. The summed E-state index contributed by atoms with van der Waals surface area (Å²) >= 11 is 0. The van der Waals surface area contributed by atoms with Gasteiger partial charge >= 0.3 is 0 Å². The maximum Gasteiger partial charge on any atom is 0.223 e. The molecule has 1 fully saturated rings. The van der Waals surface area contributed by atoms with E-state index in [-0.39, 0.29) is 5.91 Å². The van der Waals surface area contributed by atoms with Gasteiger partial charge in [0, 0.05) is 45.2 Å². The van der Waals surface area contributed by atoms with Crippen LogP contribution < -0.4 is 4.90 Å². The molecule has 1 aliphatic heterocycles. The number of rotatable bonds is 4. The Morgan fingerprint density at radius 3 is 2.91 bits per heavy atom. The highest BCUT2D eigenvalue weighted by atomic mass is 16.3. The molecule has 0 bridgehead atoms. The van der Waals surface area contributed by atoms with Gasteiger partial charge in [-0.2, -0.15) is 5.10 Å². The maximum absolute atomic E-state index is 12.3. The molecule has 2 aromatic heterocycles. The van der Waals surface area contributed by atoms with Crippen LogP contribution in [0.5, 0.6) is 0 Å². The van der Waals surface area contributed by atoms with E-state index in [1.807, 2.05) is 29.2 Å². The molecule has 6 nitrogen and oxygen atoms in total. The van der Waals surface area contributed by atoms with Crippen LogP contribution in [0.1, 0.15) is 18.6 Å². The van der Waals surface area contributed by atoms with Gasteiger partial charge in [-0.25, -0.2) is 0 Å². The first kappa shape index (κ1) is 14.6. The third-order valence-corrected chi connectivity index (χ3v) is 3.90. The van der Waals surface area contributed by atoms with Crippen LogP contribution in [-0.2, 0) is 11.2 Å². The number of nitrogens with zero attached hydrogens (tertiary/aromatic N) is 4. The van der Waals surface area contributed by atoms with Crippen LogP contribution in [0, 0.1) is 0 Å². The predicted molar refractivity (Wildman–Crippen MR) is 82.5 cm³/mol. The van der Waals surface area contributed by atoms with E-state index in [2.05, 4.69) is 15.1 Å². The van der Waals surface area contributed by atoms with Crippen LogP contribution in [0.3, 0.4) is 0 Å². The Kier molecular flexibility index (Phi) is 4.68. The quantitative estimate of drug-likeness (QED) is 0.860. The van der Waals surface area contributed by atoms with Crippen LogP contribution in [-0.4, -0.2) is 47.2 Å². The van der Waals surface area contributed by atoms with Crippen molar-refractivity contribution in [3.63, 3.8) is 0 Å². The molecule has 3 rings (SSSR count). The van der Waals surface area contributed by atoms with Gasteiger partial charge in [-0.1, -0.05) is 0 Å². The van der Waals surface area contributed by atoms with E-state index in [0.717, 1.165) is 44.2 Å². The lowest BCUT2D eigenvalue weighted by Crippen LogP contribution is -2.35. The number of furan rings is 1. The van der Waals surface area contributed by atoms with Crippen LogP contribution in [0.15, 0.2) is 41.1 Å². The highest BCUT2D eigenvalue weighted by Crippen LogP contribution is 2.13. The molecule has 1 aliphatic rings. The number of carbonyl (C=O) groups is 1. The summed E-state index contributed by atoms with van der Waals surface area (Å²) in [7, 11) is 0. The molecular weight excluding hydrogens is 280 g/mol. The summed E-state index contributed by atoms with van der Waals surface area (Å²) in [5.41, 5.74) is 0. The molecule has 0 aliphatic carbocycles. The standard InChI is InChI=1S/C16H20N4O2/c21-16(7-6-14-4-2-13-22-14)20-10-3-9-19(11-12-20)15-5-1-8-17-18-15/h1-2,4-5,8,13H,3,6-7,9-12H2. The Balaban J connectivity index is 1.52. The molecule has 1 amide bonds. The molecule has 0 spiro atoms. The Bertz CT molecular complexity index is 585. The van der Waals surface area contributed by atoms with E-state index in [1.54, 1.807) is 12.5 Å². The van der Waals surface area contributed by atoms with E-state index in [4.69, 9.17) is 4.42 Å². The summed E-state index contributed by atoms with van der Waals surface area (Å²) in [5.74, 6) is 1.94. The van der Waals surface area contributed by atoms with Gasteiger partial charge in [0.2, 0.25) is 5.91 Å². The Labute approximate surface area is 129 Å². The fourth-order valence-corrected chi connectivity index (χ4v) is 2.70. The van der Waals surface area contributed by atoms with E-state index in [0.29, 0.717) is 12.8 Å². The number of hydrogen-bond donors (Lipinski definition) is 0. The Hall–Kier alpha value is -2.37. The van der Waals surface area contributed by atoms with Crippen LogP contribution >= 0.6 is 0 Å². The zero-order chi connectivity index (χ0) is 15.2. The van der Waals surface area contributed by atoms with Crippen molar-refractivity contribution in [2.24, 2.45) is 0 Å². The monoisotopic (exact) mass is 300 g/mol. The SMILES string of the molecule is O=C(CCc1ccco1)N1CCCN(c2cccnn2)CC1. The minimum absolute atomic E-state index is 0.192. The molecule has 2 aromatic rings. The molecule has 1 saturated heterocycles. The Morgan fingerprint density at radius 2 is 2.14 bits per heavy atom. The average molecular weight is 300 g/mol. The van der Waals surface area contributed by atoms with E-state index >= 15 is 0 Å². The lowest BCUT2D eigenvalue weighted by molar-refractivity contribution is -0.131. The highest BCUT2D eigenvalue weighted by molar-refractivity contribution is 5.76. The minimum Gasteiger partial charge on any atom is -0.469 e. The molecule has 0 radical (unpaired) electrons. The summed E-state index contributed by atoms with van der Waals surface area (Å²) in [6, 6.07) is 7.61. The molecule has 0 N–H and O–H groups in total. The van der Waals surface area contributed by atoms with E-state index < -0.39 is 0 Å². The first-order valence-electron chi connectivity index (χ1n) is 7.66. The molecule has 3 heterocycles. The number of aromatic nitrogens is 2. The second-order valence-corrected chi connectivity index (χ2v) is 5.38. The normalized spacial score (nSPS) is 15.6. The van der Waals surface area contributed by atoms with Gasteiger partial charge in [-0.15, -0.1) is 5.10 Å². The lowest BCUT2D eigenvalue weighted by Gasteiger charge is -2.22. The zero-order valence-corrected chi connectivity index (χ0v) is 12.5. The average Bonchev–Trinajstić information content (AvgIpc) is 2.96. The highest BCUT2D eigenvalue weighted by Gasteiger charge is 2.19. The lowest BCUT2D eigenvalue weighted by atomic mass is 10.2. The van der Waals surface area contributed by atoms with Gasteiger partial charge in [0.25, 0.3) is 0 Å². The summed E-state index contributed by atoms with van der Waals surface area (Å²) in [6.45, 7) is 3.23. The molecule has 116 valence electrons. The van der Waals surface area contributed by atoms with Crippen molar-refractivity contribution in [1.29, 1.82) is 0 Å². The first-order valence-corrected chi connectivity index (χ1v) is 7.66. The van der Waals surface area contributed by atoms with Crippen LogP contribution in [0.2, 0.25) is 0 Å². The number of carbonyl (C=O) groups excluding carboxylic acids is 1. The first-order chi connectivity index (χ1) is 10.8. The smallest absolute Gasteiger partial charge is 0.223 e. The van der Waals surface area contributed by atoms with Gasteiger partial charge < -0.3 is 14.2 Å². The van der Waals surface area contributed by atoms with Gasteiger partial charge in [-0.3, -0.25) is 4.79 Å². The third-order valence-electron chi connectivity index (χ3n) is 3.90. The van der Waals surface area contributed by atoms with Crippen molar-refractivity contribution in [1.82, 2.24) is 15.1 Å². The molecule has 6 heteroatoms. The summed E-state index contributed by atoms with van der Waals surface area (Å²) in [6.07, 6.45) is 5.42. The zero-order valence-electron chi connectivity index (χ0n) is 12.5. The fraction of sp³-hybridized carbons (Fsp3) is 0.438. The van der Waals surface area contributed by atoms with Gasteiger partial charge in [0.1, 0.15) is 5.76 Å². The molecule has 0 saturated carbocycles. The molecule has 22 heavy (non-hydrogen) atoms. The van der Waals surface area contributed by atoms with Crippen LogP contribution in [0.25, 0.3) is 0 Å². The number of aryl methyl sites for hydroxylation is 1. The van der Waals surface area contributed by atoms with Crippen molar-refractivity contribution >= 4 is 11.7 Å². The topological polar surface area (TPSA) is 62.5 Å². The summed E-state index contributed by atoms with van der Waals surface area (Å²) in [5, 5.41) is 8.06. The van der Waals surface area contributed by atoms with Gasteiger partial charge in [0.15, 0.2) is 5.82 Å². The van der Waals surface area contributed by atoms with Crippen molar-refractivity contribution < 1.29 is 9.21 Å². The Morgan fingerprint density at radius 1 is 1.18 bits per heavy atom. The summed E-state index contributed by atoms with van der Waals surface area (Å²) < 4.78 is 5.28. The summed E-state index contributed by atoms with van der Waals surface area (Å²) in [4.78, 5) is 16.5. The van der Waals surface area contributed by atoms with E-state index in [9.17, 15) is 4.79 Å². The second kappa shape index (κ2) is 7.06. The fourth-order valence-electron chi connectivity index (χ4n) is 2.70. The number of anilines is 1. The predicted octanol–water partition coefficient (Wildman–Crippen LogP) is 1.74. The number of amides is 1. The van der Waals surface area contributed by atoms with Crippen LogP contribution in [0.4, 0.5) is 5.82 Å². The van der Waals surface area contributed by atoms with Crippen molar-refractivity contribution in [2.75, 3.05) is 31.1 Å². The van der Waals surface area contributed by atoms with Crippen molar-refractivity contribution in [2.45, 2.75) is 19.3 Å². The number of hydrogen-bond acceptors (Lipinski definition) is 5. The van der Waals surface area contributed by atoms with Crippen molar-refractivity contribution in [3.05, 3.63) is 42.5 Å². The van der Waals surface area contributed by atoms with Gasteiger partial charge in [0.05, 0.1) is 6.26 Å². The maximum atomic E-state index is 12.3. The second-order valence-electron chi connectivity index (χ2n) is 5.38. The molecule has 0 aromatic carbocycles. The van der Waals surface area contributed by atoms with Gasteiger partial charge in [-0.05, 0) is 30.7 Å². The van der Waals surface area contributed by atoms with E-state index in [1.165, 1.54) is 0 Å². The van der Waals surface area contributed by atoms with Crippen molar-refractivity contribution in [3.8, 4) is 0 Å². The third kappa shape index (κ3) is 3.63. The molecule has 0 atom stereocenters. The molecule has 0 unspecified atom stereocenters. The largest absolute Gasteiger partial charge is 0.469 e. The molecular formula is C16H20N4O2.